The average Bonchev–Trinajstić information content (AvgIpc) is 3.33. The topological polar surface area (TPSA) is 122 Å². The van der Waals surface area contributed by atoms with Gasteiger partial charge in [0.1, 0.15) is 0 Å². The van der Waals surface area contributed by atoms with Crippen molar-refractivity contribution in [1.29, 1.82) is 0 Å². The molecule has 3 aromatic carbocycles. The van der Waals surface area contributed by atoms with Crippen LogP contribution in [0, 0.1) is 17.8 Å². The van der Waals surface area contributed by atoms with Gasteiger partial charge in [0.25, 0.3) is 0 Å². The van der Waals surface area contributed by atoms with E-state index in [1.165, 1.54) is 25.2 Å². The van der Waals surface area contributed by atoms with E-state index in [9.17, 15) is 24.3 Å². The van der Waals surface area contributed by atoms with Crippen LogP contribution in [0.4, 0.5) is 17.1 Å². The zero-order valence-electron chi connectivity index (χ0n) is 25.6. The first-order valence-electron chi connectivity index (χ1n) is 15.2. The molecule has 1 aliphatic heterocycles. The van der Waals surface area contributed by atoms with Gasteiger partial charge < -0.3 is 19.9 Å². The van der Waals surface area contributed by atoms with Crippen molar-refractivity contribution < 1.29 is 33.8 Å². The first-order chi connectivity index (χ1) is 22.2. The molecule has 4 unspecified atom stereocenters. The number of nitrogens with one attached hydrogen (secondary N) is 1. The van der Waals surface area contributed by atoms with E-state index in [2.05, 4.69) is 5.32 Å². The quantitative estimate of drug-likeness (QED) is 0.203. The van der Waals surface area contributed by atoms with Gasteiger partial charge in [0.05, 0.1) is 31.7 Å². The number of ether oxygens (including phenoxy) is 2. The second-order valence-electron chi connectivity index (χ2n) is 12.1. The second kappa shape index (κ2) is 11.2. The number of allylic oxidation sites excluding steroid dienone is 6. The minimum atomic E-state index is -0.707. The molecular formula is C37H32N2O7. The average molecular weight is 617 g/mol. The van der Waals surface area contributed by atoms with Gasteiger partial charge in [-0.25, -0.2) is 0 Å². The maximum Gasteiger partial charge on any atom is 0.238 e. The minimum Gasteiger partial charge on any atom is -0.502 e. The van der Waals surface area contributed by atoms with E-state index in [1.54, 1.807) is 31.2 Å². The van der Waals surface area contributed by atoms with Crippen molar-refractivity contribution in [2.24, 2.45) is 17.8 Å². The number of imide groups is 1. The van der Waals surface area contributed by atoms with Crippen LogP contribution in [0.2, 0.25) is 0 Å². The Morgan fingerprint density at radius 1 is 0.848 bits per heavy atom. The number of benzene rings is 3. The number of ketones is 2. The first-order valence-corrected chi connectivity index (χ1v) is 15.2. The third-order valence-corrected chi connectivity index (χ3v) is 9.59. The number of phenolic OH excluding ortho intramolecular Hbond substituents is 1. The van der Waals surface area contributed by atoms with E-state index in [1.807, 2.05) is 48.5 Å². The second-order valence-corrected chi connectivity index (χ2v) is 12.1. The number of phenols is 1. The van der Waals surface area contributed by atoms with Gasteiger partial charge in [-0.2, -0.15) is 0 Å². The number of carbonyl (C=O) groups excluding carboxylic acids is 4. The molecule has 1 fully saturated rings. The largest absolute Gasteiger partial charge is 0.502 e. The Bertz CT molecular complexity index is 1880. The van der Waals surface area contributed by atoms with Crippen molar-refractivity contribution in [2.45, 2.75) is 25.7 Å². The molecule has 0 saturated carbocycles. The van der Waals surface area contributed by atoms with Gasteiger partial charge in [-0.3, -0.25) is 24.1 Å². The number of hydrogen-bond acceptors (Lipinski definition) is 8. The predicted molar refractivity (Wildman–Crippen MR) is 171 cm³/mol. The van der Waals surface area contributed by atoms with E-state index in [-0.39, 0.29) is 47.1 Å². The Labute approximate surface area is 265 Å². The lowest BCUT2D eigenvalue weighted by atomic mass is 9.59. The van der Waals surface area contributed by atoms with Crippen LogP contribution in [-0.2, 0) is 19.2 Å². The number of para-hydroxylation sites is 1. The molecule has 0 aromatic heterocycles. The molecule has 7 rings (SSSR count). The standard InChI is InChI=1S/C37H32N2O7/c1-19-15-28(40)33-27(34(19)41)18-26-24(31(33)20-16-29(45-2)35(42)30(17-20)46-3)13-14-25-32(26)37(44)39(36(25)43)23-11-9-22(10-12-23)38-21-7-5-4-6-8-21/h4-13,15-17,25-26,31-32,38,42H,14,18H2,1-3H3. The fraction of sp³-hybridized carbons (Fsp3) is 0.243. The zero-order valence-corrected chi connectivity index (χ0v) is 25.6. The number of methoxy groups -OCH3 is 2. The molecule has 1 heterocycles. The molecule has 4 aliphatic rings. The fourth-order valence-corrected chi connectivity index (χ4v) is 7.48. The van der Waals surface area contributed by atoms with Crippen LogP contribution >= 0.6 is 0 Å². The molecule has 0 bridgehead atoms. The van der Waals surface area contributed by atoms with Crippen molar-refractivity contribution in [2.75, 3.05) is 24.4 Å². The molecule has 46 heavy (non-hydrogen) atoms. The summed E-state index contributed by atoms with van der Waals surface area (Å²) in [4.78, 5) is 56.6. The number of aromatic hydroxyl groups is 1. The summed E-state index contributed by atoms with van der Waals surface area (Å²) in [5, 5.41) is 13.9. The van der Waals surface area contributed by atoms with Crippen molar-refractivity contribution in [3.05, 3.63) is 107 Å². The molecule has 232 valence electrons. The molecule has 2 amide bonds. The van der Waals surface area contributed by atoms with E-state index in [0.29, 0.717) is 34.4 Å². The van der Waals surface area contributed by atoms with Gasteiger partial charge in [-0.15, -0.1) is 0 Å². The van der Waals surface area contributed by atoms with Gasteiger partial charge in [-0.1, -0.05) is 29.8 Å². The molecule has 4 atom stereocenters. The lowest BCUT2D eigenvalue weighted by Crippen LogP contribution is -2.39. The summed E-state index contributed by atoms with van der Waals surface area (Å²) in [6.45, 7) is 1.61. The third-order valence-electron chi connectivity index (χ3n) is 9.59. The molecule has 9 nitrogen and oxygen atoms in total. The number of hydrogen-bond donors (Lipinski definition) is 2. The number of nitrogens with zero attached hydrogens (tertiary/aromatic N) is 1. The molecule has 0 radical (unpaired) electrons. The van der Waals surface area contributed by atoms with Crippen molar-refractivity contribution >= 4 is 40.4 Å². The summed E-state index contributed by atoms with van der Waals surface area (Å²) >= 11 is 0. The summed E-state index contributed by atoms with van der Waals surface area (Å²) in [6.07, 6.45) is 3.80. The zero-order chi connectivity index (χ0) is 32.3. The maximum atomic E-state index is 14.3. The number of anilines is 3. The minimum absolute atomic E-state index is 0.151. The van der Waals surface area contributed by atoms with Crippen molar-refractivity contribution in [1.82, 2.24) is 0 Å². The highest BCUT2D eigenvalue weighted by Crippen LogP contribution is 2.56. The van der Waals surface area contributed by atoms with Crippen LogP contribution in [-0.4, -0.2) is 42.7 Å². The number of Topliss-reactive ketones (excluding diaryl/α,β-unsaturated/α-hetero) is 1. The smallest absolute Gasteiger partial charge is 0.238 e. The molecule has 1 saturated heterocycles. The summed E-state index contributed by atoms with van der Waals surface area (Å²) in [5.74, 6) is -3.49. The highest BCUT2D eigenvalue weighted by atomic mass is 16.5. The molecular weight excluding hydrogens is 584 g/mol. The first kappa shape index (κ1) is 29.3. The van der Waals surface area contributed by atoms with E-state index >= 15 is 0 Å². The Hall–Kier alpha value is -5.44. The summed E-state index contributed by atoms with van der Waals surface area (Å²) in [5.41, 5.74) is 4.63. The van der Waals surface area contributed by atoms with Gasteiger partial charge in [0.15, 0.2) is 23.1 Å². The summed E-state index contributed by atoms with van der Waals surface area (Å²) in [7, 11) is 2.83. The Morgan fingerprint density at radius 3 is 2.15 bits per heavy atom. The van der Waals surface area contributed by atoms with Crippen molar-refractivity contribution in [3.63, 3.8) is 0 Å². The van der Waals surface area contributed by atoms with Crippen LogP contribution in [0.15, 0.2) is 101 Å². The van der Waals surface area contributed by atoms with Crippen LogP contribution in [0.5, 0.6) is 17.2 Å². The van der Waals surface area contributed by atoms with Gasteiger partial charge in [-0.05, 0) is 85.9 Å². The molecule has 9 heteroatoms. The highest BCUT2D eigenvalue weighted by Gasteiger charge is 2.56. The van der Waals surface area contributed by atoms with Crippen molar-refractivity contribution in [3.8, 4) is 17.2 Å². The van der Waals surface area contributed by atoms with E-state index in [0.717, 1.165) is 16.9 Å². The van der Waals surface area contributed by atoms with Gasteiger partial charge in [0.2, 0.25) is 17.6 Å². The van der Waals surface area contributed by atoms with Crippen LogP contribution in [0.3, 0.4) is 0 Å². The Kier molecular flexibility index (Phi) is 7.11. The molecule has 2 N–H and O–H groups in total. The molecule has 3 aliphatic carbocycles. The highest BCUT2D eigenvalue weighted by molar-refractivity contribution is 6.25. The van der Waals surface area contributed by atoms with E-state index < -0.39 is 23.7 Å². The van der Waals surface area contributed by atoms with Crippen LogP contribution in [0.25, 0.3) is 0 Å². The summed E-state index contributed by atoms with van der Waals surface area (Å²) in [6, 6.07) is 20.1. The number of fused-ring (bicyclic) bond motifs is 3. The monoisotopic (exact) mass is 616 g/mol. The Morgan fingerprint density at radius 2 is 1.50 bits per heavy atom. The van der Waals surface area contributed by atoms with Crippen LogP contribution < -0.4 is 19.7 Å². The normalized spacial score (nSPS) is 23.8. The lowest BCUT2D eigenvalue weighted by molar-refractivity contribution is -0.123. The fourth-order valence-electron chi connectivity index (χ4n) is 7.48. The van der Waals surface area contributed by atoms with Crippen LogP contribution in [0.1, 0.15) is 31.2 Å². The number of rotatable bonds is 6. The lowest BCUT2D eigenvalue weighted by Gasteiger charge is -2.42. The SMILES string of the molecule is COc1cc(C2C3=CCC4C(=O)N(c5ccc(Nc6ccccc6)cc5)C(=O)C4C3CC3=C2C(=O)C=C(C)C3=O)cc(OC)c1O. The van der Waals surface area contributed by atoms with Gasteiger partial charge in [0, 0.05) is 34.0 Å². The number of amides is 2. The van der Waals surface area contributed by atoms with Gasteiger partial charge >= 0.3 is 0 Å². The number of carbonyl (C=O) groups is 4. The van der Waals surface area contributed by atoms with E-state index in [4.69, 9.17) is 9.47 Å². The third kappa shape index (κ3) is 4.53. The maximum absolute atomic E-state index is 14.3. The predicted octanol–water partition coefficient (Wildman–Crippen LogP) is 5.79. The molecule has 0 spiro atoms. The summed E-state index contributed by atoms with van der Waals surface area (Å²) < 4.78 is 10.8. The Balaban J connectivity index is 1.28. The molecule has 3 aromatic rings.